The van der Waals surface area contributed by atoms with Gasteiger partial charge in [-0.2, -0.15) is 0 Å². The van der Waals surface area contributed by atoms with Gasteiger partial charge in [-0.15, -0.1) is 5.10 Å². The van der Waals surface area contributed by atoms with Crippen molar-refractivity contribution in [3.05, 3.63) is 89.7 Å². The molecule has 160 valence electrons. The van der Waals surface area contributed by atoms with Crippen LogP contribution >= 0.6 is 0 Å². The third kappa shape index (κ3) is 3.43. The molecule has 0 saturated heterocycles. The van der Waals surface area contributed by atoms with Crippen LogP contribution in [0.25, 0.3) is 17.1 Å². The summed E-state index contributed by atoms with van der Waals surface area (Å²) in [4.78, 5) is 20.2. The van der Waals surface area contributed by atoms with Crippen molar-refractivity contribution >= 4 is 11.6 Å². The fourth-order valence-corrected chi connectivity index (χ4v) is 4.27. The summed E-state index contributed by atoms with van der Waals surface area (Å²) >= 11 is 0. The van der Waals surface area contributed by atoms with E-state index in [1.807, 2.05) is 72.8 Å². The van der Waals surface area contributed by atoms with Gasteiger partial charge in [0, 0.05) is 12.1 Å². The van der Waals surface area contributed by atoms with Gasteiger partial charge in [-0.05, 0) is 49.1 Å². The average molecular weight is 425 g/mol. The van der Waals surface area contributed by atoms with Crippen LogP contribution in [-0.2, 0) is 6.42 Å². The van der Waals surface area contributed by atoms with Gasteiger partial charge in [-0.25, -0.2) is 9.67 Å². The minimum absolute atomic E-state index is 0.170. The first-order chi connectivity index (χ1) is 15.7. The molecule has 1 amide bonds. The van der Waals surface area contributed by atoms with E-state index in [2.05, 4.69) is 12.0 Å². The van der Waals surface area contributed by atoms with Crippen LogP contribution in [-0.4, -0.2) is 34.3 Å². The van der Waals surface area contributed by atoms with Crippen LogP contribution in [0.2, 0.25) is 0 Å². The van der Waals surface area contributed by atoms with Crippen molar-refractivity contribution in [2.24, 2.45) is 0 Å². The lowest BCUT2D eigenvalue weighted by atomic mass is 9.96. The zero-order chi connectivity index (χ0) is 22.1. The van der Waals surface area contributed by atoms with Crippen molar-refractivity contribution in [3.8, 4) is 22.8 Å². The number of carbonyl (C=O) groups is 1. The molecule has 0 unspecified atom stereocenters. The molecule has 6 nitrogen and oxygen atoms in total. The van der Waals surface area contributed by atoms with Gasteiger partial charge in [0.15, 0.2) is 5.82 Å². The van der Waals surface area contributed by atoms with Crippen molar-refractivity contribution in [2.75, 3.05) is 18.6 Å². The van der Waals surface area contributed by atoms with E-state index in [4.69, 9.17) is 9.72 Å². The van der Waals surface area contributed by atoms with E-state index in [-0.39, 0.29) is 11.7 Å². The highest BCUT2D eigenvalue weighted by atomic mass is 16.5. The standard InChI is InChI=1S/C26H24N4O2/c1-18-15-16-22(32-2)23-21(18)14-9-17-29(23)26(31)24-27-25(19-10-5-3-6-11-19)30(28-24)20-12-7-4-8-13-20/h3-8,10-13,15-16H,9,14,17H2,1-2H3. The number of amides is 1. The SMILES string of the molecule is COc1ccc(C)c2c1N(C(=O)c1nc(-c3ccccc3)n(-c3ccccc3)n1)CCC2. The highest BCUT2D eigenvalue weighted by Gasteiger charge is 2.31. The molecular weight excluding hydrogens is 400 g/mol. The number of benzene rings is 3. The van der Waals surface area contributed by atoms with E-state index < -0.39 is 0 Å². The van der Waals surface area contributed by atoms with Gasteiger partial charge in [-0.3, -0.25) is 4.79 Å². The smallest absolute Gasteiger partial charge is 0.298 e. The molecule has 1 aromatic heterocycles. The molecule has 3 aromatic carbocycles. The second kappa shape index (κ2) is 8.30. The second-order valence-electron chi connectivity index (χ2n) is 7.84. The first-order valence-electron chi connectivity index (χ1n) is 10.7. The Kier molecular flexibility index (Phi) is 5.19. The van der Waals surface area contributed by atoms with Crippen molar-refractivity contribution in [2.45, 2.75) is 19.8 Å². The maximum absolute atomic E-state index is 13.7. The highest BCUT2D eigenvalue weighted by molar-refractivity contribution is 6.05. The summed E-state index contributed by atoms with van der Waals surface area (Å²) in [7, 11) is 1.64. The van der Waals surface area contributed by atoms with E-state index in [1.54, 1.807) is 16.7 Å². The summed E-state index contributed by atoms with van der Waals surface area (Å²) in [5.74, 6) is 1.28. The van der Waals surface area contributed by atoms with E-state index in [1.165, 1.54) is 0 Å². The molecular formula is C26H24N4O2. The van der Waals surface area contributed by atoms with Crippen molar-refractivity contribution in [1.82, 2.24) is 14.8 Å². The Morgan fingerprint density at radius 3 is 2.41 bits per heavy atom. The maximum Gasteiger partial charge on any atom is 0.298 e. The van der Waals surface area contributed by atoms with E-state index in [9.17, 15) is 4.79 Å². The molecule has 0 atom stereocenters. The number of nitrogens with zero attached hydrogens (tertiary/aromatic N) is 4. The molecule has 0 spiro atoms. The van der Waals surface area contributed by atoms with Gasteiger partial charge in [0.1, 0.15) is 5.75 Å². The normalized spacial score (nSPS) is 13.0. The Morgan fingerprint density at radius 1 is 0.969 bits per heavy atom. The molecule has 1 aliphatic rings. The zero-order valence-corrected chi connectivity index (χ0v) is 18.2. The quantitative estimate of drug-likeness (QED) is 0.470. The Bertz CT molecular complexity index is 1210. The summed E-state index contributed by atoms with van der Waals surface area (Å²) in [5.41, 5.74) is 4.89. The average Bonchev–Trinajstić information content (AvgIpc) is 3.30. The van der Waals surface area contributed by atoms with Crippen LogP contribution < -0.4 is 9.64 Å². The van der Waals surface area contributed by atoms with Crippen LogP contribution in [0.15, 0.2) is 72.8 Å². The fraction of sp³-hybridized carbons (Fsp3) is 0.192. The molecule has 0 aliphatic carbocycles. The van der Waals surface area contributed by atoms with Gasteiger partial charge < -0.3 is 9.64 Å². The summed E-state index contributed by atoms with van der Waals surface area (Å²) < 4.78 is 7.35. The van der Waals surface area contributed by atoms with E-state index in [0.29, 0.717) is 18.1 Å². The number of methoxy groups -OCH3 is 1. The Balaban J connectivity index is 1.62. The van der Waals surface area contributed by atoms with Crippen LogP contribution in [0.4, 0.5) is 5.69 Å². The Morgan fingerprint density at radius 2 is 1.69 bits per heavy atom. The number of anilines is 1. The Hall–Kier alpha value is -3.93. The number of ether oxygens (including phenoxy) is 1. The maximum atomic E-state index is 13.7. The van der Waals surface area contributed by atoms with Crippen molar-refractivity contribution < 1.29 is 9.53 Å². The molecule has 2 heterocycles. The molecule has 0 saturated carbocycles. The lowest BCUT2D eigenvalue weighted by Gasteiger charge is -2.31. The molecule has 6 heteroatoms. The lowest BCUT2D eigenvalue weighted by Crippen LogP contribution is -2.36. The zero-order valence-electron chi connectivity index (χ0n) is 18.2. The molecule has 1 aliphatic heterocycles. The monoisotopic (exact) mass is 424 g/mol. The molecule has 0 N–H and O–H groups in total. The summed E-state index contributed by atoms with van der Waals surface area (Å²) in [6, 6.07) is 23.5. The number of hydrogen-bond donors (Lipinski definition) is 0. The van der Waals surface area contributed by atoms with Crippen LogP contribution in [0.5, 0.6) is 5.75 Å². The first kappa shape index (κ1) is 20.0. The predicted octanol–water partition coefficient (Wildman–Crippen LogP) is 4.84. The molecule has 0 fully saturated rings. The number of para-hydroxylation sites is 1. The van der Waals surface area contributed by atoms with Crippen LogP contribution in [0.1, 0.15) is 28.2 Å². The van der Waals surface area contributed by atoms with Crippen molar-refractivity contribution in [3.63, 3.8) is 0 Å². The van der Waals surface area contributed by atoms with Gasteiger partial charge >= 0.3 is 0 Å². The highest BCUT2D eigenvalue weighted by Crippen LogP contribution is 2.39. The van der Waals surface area contributed by atoms with Gasteiger partial charge in [0.25, 0.3) is 5.91 Å². The number of aryl methyl sites for hydroxylation is 1. The number of fused-ring (bicyclic) bond motifs is 1. The molecule has 0 bridgehead atoms. The molecule has 0 radical (unpaired) electrons. The summed E-state index contributed by atoms with van der Waals surface area (Å²) in [6.07, 6.45) is 1.81. The van der Waals surface area contributed by atoms with Crippen LogP contribution in [0, 0.1) is 6.92 Å². The summed E-state index contributed by atoms with van der Waals surface area (Å²) in [6.45, 7) is 2.67. The predicted molar refractivity (Wildman–Crippen MR) is 125 cm³/mol. The number of hydrogen-bond acceptors (Lipinski definition) is 4. The van der Waals surface area contributed by atoms with E-state index >= 15 is 0 Å². The molecule has 32 heavy (non-hydrogen) atoms. The largest absolute Gasteiger partial charge is 0.495 e. The van der Waals surface area contributed by atoms with Crippen LogP contribution in [0.3, 0.4) is 0 Å². The third-order valence-electron chi connectivity index (χ3n) is 5.85. The lowest BCUT2D eigenvalue weighted by molar-refractivity contribution is 0.0974. The number of aromatic nitrogens is 3. The number of rotatable bonds is 4. The topological polar surface area (TPSA) is 60.2 Å². The Labute approximate surface area is 187 Å². The van der Waals surface area contributed by atoms with Gasteiger partial charge in [0.05, 0.1) is 18.5 Å². The van der Waals surface area contributed by atoms with Gasteiger partial charge in [-0.1, -0.05) is 54.6 Å². The van der Waals surface area contributed by atoms with E-state index in [0.717, 1.165) is 40.9 Å². The molecule has 5 rings (SSSR count). The van der Waals surface area contributed by atoms with Gasteiger partial charge in [0.2, 0.25) is 5.82 Å². The second-order valence-corrected chi connectivity index (χ2v) is 7.84. The summed E-state index contributed by atoms with van der Waals surface area (Å²) in [5, 5.41) is 4.66. The minimum atomic E-state index is -0.221. The number of carbonyl (C=O) groups excluding carboxylic acids is 1. The third-order valence-corrected chi connectivity index (χ3v) is 5.85. The fourth-order valence-electron chi connectivity index (χ4n) is 4.27. The molecule has 4 aromatic rings. The first-order valence-corrected chi connectivity index (χ1v) is 10.7. The minimum Gasteiger partial charge on any atom is -0.495 e. The van der Waals surface area contributed by atoms with Crippen molar-refractivity contribution in [1.29, 1.82) is 0 Å².